The second-order valence-corrected chi connectivity index (χ2v) is 5.09. The molecule has 3 aromatic carbocycles. The molecule has 3 aromatic rings. The monoisotopic (exact) mass is 292 g/mol. The Kier molecular flexibility index (Phi) is 4.17. The van der Waals surface area contributed by atoms with Crippen LogP contribution in [0.5, 0.6) is 0 Å². The minimum absolute atomic E-state index is 0.0634. The van der Waals surface area contributed by atoms with Crippen LogP contribution in [0.15, 0.2) is 72.8 Å². The first-order valence-electron chi connectivity index (χ1n) is 7.13. The molecule has 0 bridgehead atoms. The Labute approximate surface area is 128 Å². The van der Waals surface area contributed by atoms with Gasteiger partial charge in [-0.3, -0.25) is 0 Å². The van der Waals surface area contributed by atoms with Gasteiger partial charge in [-0.1, -0.05) is 54.6 Å². The van der Waals surface area contributed by atoms with E-state index in [9.17, 15) is 9.90 Å². The normalized spacial score (nSPS) is 12.0. The zero-order chi connectivity index (χ0) is 15.4. The van der Waals surface area contributed by atoms with E-state index in [1.165, 1.54) is 0 Å². The average molecular weight is 292 g/mol. The van der Waals surface area contributed by atoms with Gasteiger partial charge in [-0.05, 0) is 34.5 Å². The standard InChI is InChI=1S/C19H16O3/c20-18(13-22-19(21)15-7-2-1-3-8-15)17-11-10-14-6-4-5-9-16(14)12-17/h1-12,18,20H,13H2/t18-/m1/s1. The predicted molar refractivity (Wildman–Crippen MR) is 85.6 cm³/mol. The molecule has 3 rings (SSSR count). The molecule has 1 N–H and O–H groups in total. The molecule has 0 saturated heterocycles. The first-order valence-corrected chi connectivity index (χ1v) is 7.13. The first kappa shape index (κ1) is 14.3. The number of esters is 1. The summed E-state index contributed by atoms with van der Waals surface area (Å²) in [7, 11) is 0. The molecule has 0 unspecified atom stereocenters. The smallest absolute Gasteiger partial charge is 0.338 e. The molecule has 0 aliphatic carbocycles. The number of carbonyl (C=O) groups is 1. The van der Waals surface area contributed by atoms with E-state index < -0.39 is 12.1 Å². The minimum Gasteiger partial charge on any atom is -0.459 e. The zero-order valence-electron chi connectivity index (χ0n) is 12.0. The lowest BCUT2D eigenvalue weighted by Gasteiger charge is -2.12. The first-order chi connectivity index (χ1) is 10.7. The quantitative estimate of drug-likeness (QED) is 0.745. The number of rotatable bonds is 4. The topological polar surface area (TPSA) is 46.5 Å². The summed E-state index contributed by atoms with van der Waals surface area (Å²) in [6, 6.07) is 22.4. The van der Waals surface area contributed by atoms with Crippen molar-refractivity contribution in [3.63, 3.8) is 0 Å². The van der Waals surface area contributed by atoms with E-state index in [1.54, 1.807) is 24.3 Å². The number of aliphatic hydroxyl groups is 1. The van der Waals surface area contributed by atoms with Gasteiger partial charge in [-0.25, -0.2) is 4.79 Å². The summed E-state index contributed by atoms with van der Waals surface area (Å²) in [5, 5.41) is 12.4. The molecule has 0 amide bonds. The largest absolute Gasteiger partial charge is 0.459 e. The van der Waals surface area contributed by atoms with Crippen LogP contribution in [0.4, 0.5) is 0 Å². The van der Waals surface area contributed by atoms with Gasteiger partial charge in [0.15, 0.2) is 0 Å². The van der Waals surface area contributed by atoms with E-state index in [2.05, 4.69) is 0 Å². The van der Waals surface area contributed by atoms with E-state index in [-0.39, 0.29) is 6.61 Å². The summed E-state index contributed by atoms with van der Waals surface area (Å²) >= 11 is 0. The van der Waals surface area contributed by atoms with Crippen LogP contribution in [-0.2, 0) is 4.74 Å². The number of aliphatic hydroxyl groups excluding tert-OH is 1. The molecular weight excluding hydrogens is 276 g/mol. The average Bonchev–Trinajstić information content (AvgIpc) is 2.59. The third kappa shape index (κ3) is 3.15. The molecule has 0 spiro atoms. The van der Waals surface area contributed by atoms with Crippen molar-refractivity contribution in [3.8, 4) is 0 Å². The van der Waals surface area contributed by atoms with Gasteiger partial charge < -0.3 is 9.84 Å². The molecular formula is C19H16O3. The van der Waals surface area contributed by atoms with Gasteiger partial charge >= 0.3 is 5.97 Å². The van der Waals surface area contributed by atoms with Crippen LogP contribution in [-0.4, -0.2) is 17.7 Å². The SMILES string of the molecule is O=C(OC[C@@H](O)c1ccc2ccccc2c1)c1ccccc1. The van der Waals surface area contributed by atoms with Crippen molar-refractivity contribution in [2.45, 2.75) is 6.10 Å². The lowest BCUT2D eigenvalue weighted by Crippen LogP contribution is -2.12. The Hall–Kier alpha value is -2.65. The number of benzene rings is 3. The van der Waals surface area contributed by atoms with Crippen LogP contribution in [0.2, 0.25) is 0 Å². The number of ether oxygens (including phenoxy) is 1. The summed E-state index contributed by atoms with van der Waals surface area (Å²) < 4.78 is 5.17. The van der Waals surface area contributed by atoms with Crippen LogP contribution in [0.25, 0.3) is 10.8 Å². The molecule has 1 atom stereocenters. The summed E-state index contributed by atoms with van der Waals surface area (Å²) in [5.74, 6) is -0.430. The zero-order valence-corrected chi connectivity index (χ0v) is 12.0. The van der Waals surface area contributed by atoms with Crippen LogP contribution < -0.4 is 0 Å². The van der Waals surface area contributed by atoms with E-state index in [0.717, 1.165) is 16.3 Å². The van der Waals surface area contributed by atoms with Crippen molar-refractivity contribution in [2.75, 3.05) is 6.61 Å². The molecule has 3 nitrogen and oxygen atoms in total. The summed E-state index contributed by atoms with van der Waals surface area (Å²) in [4.78, 5) is 11.9. The van der Waals surface area contributed by atoms with E-state index in [4.69, 9.17) is 4.74 Å². The summed E-state index contributed by atoms with van der Waals surface area (Å²) in [6.45, 7) is -0.0634. The highest BCUT2D eigenvalue weighted by molar-refractivity contribution is 5.89. The fourth-order valence-corrected chi connectivity index (χ4v) is 2.32. The lowest BCUT2D eigenvalue weighted by atomic mass is 10.0. The van der Waals surface area contributed by atoms with E-state index in [0.29, 0.717) is 5.56 Å². The van der Waals surface area contributed by atoms with Crippen LogP contribution in [0, 0.1) is 0 Å². The van der Waals surface area contributed by atoms with Gasteiger partial charge in [0.25, 0.3) is 0 Å². The fourth-order valence-electron chi connectivity index (χ4n) is 2.32. The molecule has 0 radical (unpaired) electrons. The van der Waals surface area contributed by atoms with Crippen molar-refractivity contribution >= 4 is 16.7 Å². The van der Waals surface area contributed by atoms with Crippen LogP contribution in [0.1, 0.15) is 22.0 Å². The number of carbonyl (C=O) groups excluding carboxylic acids is 1. The van der Waals surface area contributed by atoms with Crippen molar-refractivity contribution in [2.24, 2.45) is 0 Å². The summed E-state index contributed by atoms with van der Waals surface area (Å²) in [6.07, 6.45) is -0.836. The molecule has 0 saturated carbocycles. The van der Waals surface area contributed by atoms with Crippen molar-refractivity contribution in [1.29, 1.82) is 0 Å². The van der Waals surface area contributed by atoms with E-state index >= 15 is 0 Å². The maximum atomic E-state index is 11.9. The lowest BCUT2D eigenvalue weighted by molar-refractivity contribution is 0.0254. The Morgan fingerprint density at radius 1 is 0.909 bits per heavy atom. The Bertz CT molecular complexity index is 781. The second kappa shape index (κ2) is 6.41. The Balaban J connectivity index is 1.68. The maximum Gasteiger partial charge on any atom is 0.338 e. The Morgan fingerprint density at radius 3 is 2.36 bits per heavy atom. The Morgan fingerprint density at radius 2 is 1.59 bits per heavy atom. The highest BCUT2D eigenvalue weighted by atomic mass is 16.5. The third-order valence-corrected chi connectivity index (χ3v) is 3.54. The van der Waals surface area contributed by atoms with Gasteiger partial charge in [0.2, 0.25) is 0 Å². The van der Waals surface area contributed by atoms with Crippen molar-refractivity contribution < 1.29 is 14.6 Å². The fraction of sp³-hybridized carbons (Fsp3) is 0.105. The molecule has 110 valence electrons. The van der Waals surface area contributed by atoms with Gasteiger partial charge in [0.05, 0.1) is 5.56 Å². The third-order valence-electron chi connectivity index (χ3n) is 3.54. The molecule has 0 heterocycles. The molecule has 0 fully saturated rings. The number of hydrogen-bond donors (Lipinski definition) is 1. The van der Waals surface area contributed by atoms with Gasteiger partial charge in [-0.2, -0.15) is 0 Å². The molecule has 3 heteroatoms. The molecule has 0 aliphatic rings. The van der Waals surface area contributed by atoms with Crippen LogP contribution >= 0.6 is 0 Å². The highest BCUT2D eigenvalue weighted by Crippen LogP contribution is 2.21. The molecule has 0 aromatic heterocycles. The van der Waals surface area contributed by atoms with Crippen molar-refractivity contribution in [3.05, 3.63) is 83.9 Å². The second-order valence-electron chi connectivity index (χ2n) is 5.09. The molecule has 0 aliphatic heterocycles. The molecule has 22 heavy (non-hydrogen) atoms. The predicted octanol–water partition coefficient (Wildman–Crippen LogP) is 3.73. The van der Waals surface area contributed by atoms with Gasteiger partial charge in [0, 0.05) is 0 Å². The minimum atomic E-state index is -0.836. The number of fused-ring (bicyclic) bond motifs is 1. The van der Waals surface area contributed by atoms with Crippen molar-refractivity contribution in [1.82, 2.24) is 0 Å². The maximum absolute atomic E-state index is 11.9. The van der Waals surface area contributed by atoms with Gasteiger partial charge in [-0.15, -0.1) is 0 Å². The number of hydrogen-bond acceptors (Lipinski definition) is 3. The van der Waals surface area contributed by atoms with Gasteiger partial charge in [0.1, 0.15) is 12.7 Å². The van der Waals surface area contributed by atoms with Crippen LogP contribution in [0.3, 0.4) is 0 Å². The summed E-state index contributed by atoms with van der Waals surface area (Å²) in [5.41, 5.74) is 1.22. The highest BCUT2D eigenvalue weighted by Gasteiger charge is 2.12. The van der Waals surface area contributed by atoms with E-state index in [1.807, 2.05) is 48.5 Å².